The Labute approximate surface area is 137 Å². The molecule has 1 N–H and O–H groups in total. The van der Waals surface area contributed by atoms with Gasteiger partial charge in [0.25, 0.3) is 0 Å². The lowest BCUT2D eigenvalue weighted by molar-refractivity contribution is 0.207. The van der Waals surface area contributed by atoms with Crippen LogP contribution in [-0.4, -0.2) is 54.1 Å². The number of likely N-dealkylation sites (tertiary alicyclic amines) is 1. The van der Waals surface area contributed by atoms with Crippen molar-refractivity contribution in [1.29, 1.82) is 0 Å². The van der Waals surface area contributed by atoms with Crippen molar-refractivity contribution in [3.05, 3.63) is 24.3 Å². The van der Waals surface area contributed by atoms with Crippen LogP contribution >= 0.6 is 0 Å². The van der Waals surface area contributed by atoms with Gasteiger partial charge in [0.15, 0.2) is 0 Å². The van der Waals surface area contributed by atoms with Gasteiger partial charge in [-0.25, -0.2) is 4.98 Å². The van der Waals surface area contributed by atoms with Crippen LogP contribution in [0.5, 0.6) is 0 Å². The second-order valence-corrected chi connectivity index (χ2v) is 6.60. The molecule has 2 fully saturated rings. The van der Waals surface area contributed by atoms with E-state index in [0.29, 0.717) is 0 Å². The average molecular weight is 311 g/mol. The minimum Gasteiger partial charge on any atom is -0.372 e. The van der Waals surface area contributed by atoms with Crippen LogP contribution in [0.3, 0.4) is 0 Å². The molecule has 1 aromatic carbocycles. The van der Waals surface area contributed by atoms with E-state index in [1.54, 1.807) is 0 Å². The van der Waals surface area contributed by atoms with Crippen LogP contribution < -0.4 is 10.2 Å². The second kappa shape index (κ2) is 6.32. The maximum Gasteiger partial charge on any atom is 0.227 e. The van der Waals surface area contributed by atoms with Gasteiger partial charge >= 0.3 is 0 Å². The minimum atomic E-state index is 0.762. The number of nitrogens with one attached hydrogen (secondary N) is 1. The molecule has 3 heterocycles. The summed E-state index contributed by atoms with van der Waals surface area (Å²) in [5.41, 5.74) is 1.02. The molecule has 4 rings (SSSR count). The number of fused-ring (bicyclic) bond motifs is 1. The number of nitrogens with zero attached hydrogens (tertiary/aromatic N) is 4. The average Bonchev–Trinajstić information content (AvgIpc) is 3.15. The number of benzene rings is 1. The molecule has 2 aliphatic heterocycles. The summed E-state index contributed by atoms with van der Waals surface area (Å²) in [5, 5.41) is 4.31. The molecule has 5 heteroatoms. The summed E-state index contributed by atoms with van der Waals surface area (Å²) >= 11 is 0. The smallest absolute Gasteiger partial charge is 0.227 e. The van der Waals surface area contributed by atoms with Crippen molar-refractivity contribution in [3.8, 4) is 0 Å². The highest BCUT2D eigenvalue weighted by atomic mass is 15.3. The van der Waals surface area contributed by atoms with E-state index in [2.05, 4.69) is 27.2 Å². The zero-order valence-electron chi connectivity index (χ0n) is 13.8. The first-order chi connectivity index (χ1) is 11.3. The first-order valence-electron chi connectivity index (χ1n) is 8.78. The van der Waals surface area contributed by atoms with E-state index in [9.17, 15) is 0 Å². The first-order valence-corrected chi connectivity index (χ1v) is 8.78. The van der Waals surface area contributed by atoms with E-state index in [4.69, 9.17) is 9.97 Å². The molecule has 0 saturated carbocycles. The van der Waals surface area contributed by atoms with E-state index < -0.39 is 0 Å². The van der Waals surface area contributed by atoms with E-state index in [1.165, 1.54) is 38.8 Å². The van der Waals surface area contributed by atoms with Gasteiger partial charge in [-0.1, -0.05) is 12.1 Å². The molecule has 5 nitrogen and oxygen atoms in total. The highest BCUT2D eigenvalue weighted by Gasteiger charge is 2.27. The quantitative estimate of drug-likeness (QED) is 0.944. The van der Waals surface area contributed by atoms with Crippen LogP contribution in [0.4, 0.5) is 11.8 Å². The van der Waals surface area contributed by atoms with Crippen LogP contribution in [0.15, 0.2) is 24.3 Å². The van der Waals surface area contributed by atoms with Gasteiger partial charge in [-0.15, -0.1) is 0 Å². The maximum atomic E-state index is 4.79. The first kappa shape index (κ1) is 14.7. The zero-order chi connectivity index (χ0) is 15.6. The number of hydrogen-bond acceptors (Lipinski definition) is 5. The number of piperidine rings is 1. The molecule has 0 spiro atoms. The third-order valence-electron chi connectivity index (χ3n) is 5.23. The second-order valence-electron chi connectivity index (χ2n) is 6.60. The predicted octanol–water partition coefficient (Wildman–Crippen LogP) is 2.74. The molecule has 0 aliphatic carbocycles. The van der Waals surface area contributed by atoms with Gasteiger partial charge in [0.1, 0.15) is 5.82 Å². The fraction of sp³-hybridized carbons (Fsp3) is 0.556. The SMILES string of the molecule is CNc1nc(N2CCC(N3CCCC3)CC2)nc2ccccc12. The van der Waals surface area contributed by atoms with Crippen molar-refractivity contribution >= 4 is 22.7 Å². The minimum absolute atomic E-state index is 0.762. The van der Waals surface area contributed by atoms with Crippen LogP contribution in [0.1, 0.15) is 25.7 Å². The lowest BCUT2D eigenvalue weighted by Gasteiger charge is -2.36. The molecule has 122 valence electrons. The Morgan fingerprint density at radius 2 is 1.74 bits per heavy atom. The van der Waals surface area contributed by atoms with E-state index >= 15 is 0 Å². The van der Waals surface area contributed by atoms with E-state index in [-0.39, 0.29) is 0 Å². The number of aromatic nitrogens is 2. The molecule has 0 amide bonds. The molecule has 0 atom stereocenters. The Balaban J connectivity index is 1.53. The lowest BCUT2D eigenvalue weighted by Crippen LogP contribution is -2.44. The van der Waals surface area contributed by atoms with Crippen LogP contribution in [0.2, 0.25) is 0 Å². The molecule has 2 saturated heterocycles. The van der Waals surface area contributed by atoms with Crippen molar-refractivity contribution < 1.29 is 0 Å². The van der Waals surface area contributed by atoms with Crippen molar-refractivity contribution in [2.75, 3.05) is 43.4 Å². The van der Waals surface area contributed by atoms with Crippen LogP contribution in [0.25, 0.3) is 10.9 Å². The van der Waals surface area contributed by atoms with Gasteiger partial charge in [0.2, 0.25) is 5.95 Å². The molecule has 2 aromatic rings. The summed E-state index contributed by atoms with van der Waals surface area (Å²) < 4.78 is 0. The molecule has 0 unspecified atom stereocenters. The topological polar surface area (TPSA) is 44.3 Å². The van der Waals surface area contributed by atoms with Crippen molar-refractivity contribution in [2.24, 2.45) is 0 Å². The fourth-order valence-corrected chi connectivity index (χ4v) is 3.93. The number of rotatable bonds is 3. The predicted molar refractivity (Wildman–Crippen MR) is 95.1 cm³/mol. The zero-order valence-corrected chi connectivity index (χ0v) is 13.8. The summed E-state index contributed by atoms with van der Waals surface area (Å²) in [7, 11) is 1.93. The third-order valence-corrected chi connectivity index (χ3v) is 5.23. The van der Waals surface area contributed by atoms with Crippen molar-refractivity contribution in [1.82, 2.24) is 14.9 Å². The largest absolute Gasteiger partial charge is 0.372 e. The summed E-state index contributed by atoms with van der Waals surface area (Å²) in [6, 6.07) is 8.98. The Bertz CT molecular complexity index is 672. The van der Waals surface area contributed by atoms with E-state index in [0.717, 1.165) is 41.8 Å². The summed E-state index contributed by atoms with van der Waals surface area (Å²) in [4.78, 5) is 14.6. The molecule has 23 heavy (non-hydrogen) atoms. The maximum absolute atomic E-state index is 4.79. The van der Waals surface area contributed by atoms with Gasteiger partial charge in [0.05, 0.1) is 5.52 Å². The number of para-hydroxylation sites is 1. The molecule has 2 aliphatic rings. The summed E-state index contributed by atoms with van der Waals surface area (Å²) in [6.45, 7) is 4.70. The molecular weight excluding hydrogens is 286 g/mol. The highest BCUT2D eigenvalue weighted by Crippen LogP contribution is 2.26. The van der Waals surface area contributed by atoms with Crippen LogP contribution in [0, 0.1) is 0 Å². The lowest BCUT2D eigenvalue weighted by atomic mass is 10.0. The van der Waals surface area contributed by atoms with Gasteiger partial charge in [-0.2, -0.15) is 4.98 Å². The van der Waals surface area contributed by atoms with Gasteiger partial charge in [-0.3, -0.25) is 0 Å². The van der Waals surface area contributed by atoms with Gasteiger partial charge < -0.3 is 15.1 Å². The van der Waals surface area contributed by atoms with Gasteiger partial charge in [-0.05, 0) is 50.9 Å². The van der Waals surface area contributed by atoms with Crippen molar-refractivity contribution in [2.45, 2.75) is 31.7 Å². The summed E-state index contributed by atoms with van der Waals surface area (Å²) in [6.07, 6.45) is 5.20. The molecule has 0 radical (unpaired) electrons. The fourth-order valence-electron chi connectivity index (χ4n) is 3.93. The summed E-state index contributed by atoms with van der Waals surface area (Å²) in [5.74, 6) is 1.79. The van der Waals surface area contributed by atoms with Gasteiger partial charge in [0, 0.05) is 31.6 Å². The monoisotopic (exact) mass is 311 g/mol. The number of hydrogen-bond donors (Lipinski definition) is 1. The van der Waals surface area contributed by atoms with Crippen molar-refractivity contribution in [3.63, 3.8) is 0 Å². The normalized spacial score (nSPS) is 20.3. The Morgan fingerprint density at radius 1 is 1.00 bits per heavy atom. The Hall–Kier alpha value is -1.88. The number of anilines is 2. The third kappa shape index (κ3) is 2.85. The molecular formula is C18H25N5. The van der Waals surface area contributed by atoms with E-state index in [1.807, 2.05) is 19.2 Å². The highest BCUT2D eigenvalue weighted by molar-refractivity contribution is 5.89. The standard InChI is InChI=1S/C18H25N5/c1-19-17-15-6-2-3-7-16(15)20-18(21-17)23-12-8-14(9-13-23)22-10-4-5-11-22/h2-3,6-7,14H,4-5,8-13H2,1H3,(H,19,20,21). The molecule has 0 bridgehead atoms. The molecule has 1 aromatic heterocycles. The van der Waals surface area contributed by atoms with Crippen LogP contribution in [-0.2, 0) is 0 Å². The Morgan fingerprint density at radius 3 is 2.48 bits per heavy atom. The Kier molecular flexibility index (Phi) is 4.04.